The van der Waals surface area contributed by atoms with Gasteiger partial charge in [0.25, 0.3) is 0 Å². The Morgan fingerprint density at radius 3 is 2.64 bits per heavy atom. The van der Waals surface area contributed by atoms with Crippen molar-refractivity contribution in [2.24, 2.45) is 0 Å². The smallest absolute Gasteiger partial charge is 0.119 e. The molecule has 3 heteroatoms. The summed E-state index contributed by atoms with van der Waals surface area (Å²) in [4.78, 5) is 0. The first-order valence-corrected chi connectivity index (χ1v) is 4.58. The van der Waals surface area contributed by atoms with Gasteiger partial charge in [-0.05, 0) is 18.6 Å². The first-order valence-electron chi connectivity index (χ1n) is 4.58. The van der Waals surface area contributed by atoms with E-state index in [1.54, 1.807) is 13.2 Å². The zero-order valence-corrected chi connectivity index (χ0v) is 8.53. The van der Waals surface area contributed by atoms with Crippen LogP contribution in [0.15, 0.2) is 18.2 Å². The molecule has 14 heavy (non-hydrogen) atoms. The normalized spacial score (nSPS) is 12.8. The third-order valence-corrected chi connectivity index (χ3v) is 2.21. The maximum Gasteiger partial charge on any atom is 0.119 e. The molecule has 0 amide bonds. The summed E-state index contributed by atoms with van der Waals surface area (Å²) in [6, 6.07) is 5.42. The van der Waals surface area contributed by atoms with Crippen molar-refractivity contribution < 1.29 is 14.9 Å². The van der Waals surface area contributed by atoms with E-state index >= 15 is 0 Å². The number of aromatic hydroxyl groups is 1. The van der Waals surface area contributed by atoms with Gasteiger partial charge in [0.05, 0.1) is 13.2 Å². The van der Waals surface area contributed by atoms with E-state index in [0.717, 1.165) is 11.1 Å². The molecule has 2 N–H and O–H groups in total. The molecule has 0 fully saturated rings. The molecule has 3 nitrogen and oxygen atoms in total. The van der Waals surface area contributed by atoms with Gasteiger partial charge in [-0.15, -0.1) is 0 Å². The van der Waals surface area contributed by atoms with Crippen molar-refractivity contribution in [1.82, 2.24) is 0 Å². The molecule has 0 saturated heterocycles. The maximum atomic E-state index is 9.65. The van der Waals surface area contributed by atoms with Crippen molar-refractivity contribution in [3.63, 3.8) is 0 Å². The summed E-state index contributed by atoms with van der Waals surface area (Å²) in [5, 5.41) is 18.8. The Kier molecular flexibility index (Phi) is 3.92. The number of rotatable bonds is 4. The second-order valence-electron chi connectivity index (χ2n) is 3.40. The lowest BCUT2D eigenvalue weighted by Crippen LogP contribution is -2.10. The fourth-order valence-corrected chi connectivity index (χ4v) is 1.44. The number of phenolic OH excluding ortho intramolecular Hbond substituents is 1. The van der Waals surface area contributed by atoms with Crippen molar-refractivity contribution >= 4 is 0 Å². The van der Waals surface area contributed by atoms with Crippen molar-refractivity contribution in [1.29, 1.82) is 0 Å². The van der Waals surface area contributed by atoms with E-state index in [2.05, 4.69) is 0 Å². The van der Waals surface area contributed by atoms with E-state index in [9.17, 15) is 5.11 Å². The molecule has 0 heterocycles. The lowest BCUT2D eigenvalue weighted by molar-refractivity contribution is 0.143. The Bertz CT molecular complexity index is 297. The van der Waals surface area contributed by atoms with Crippen LogP contribution in [-0.2, 0) is 4.74 Å². The Morgan fingerprint density at radius 1 is 1.43 bits per heavy atom. The number of hydrogen-bond donors (Lipinski definition) is 2. The quantitative estimate of drug-likeness (QED) is 0.765. The average molecular weight is 196 g/mol. The zero-order chi connectivity index (χ0) is 10.6. The first kappa shape index (κ1) is 11.0. The van der Waals surface area contributed by atoms with Gasteiger partial charge in [0.1, 0.15) is 5.75 Å². The number of hydrogen-bond acceptors (Lipinski definition) is 3. The summed E-state index contributed by atoms with van der Waals surface area (Å²) in [5.41, 5.74) is 1.74. The second-order valence-corrected chi connectivity index (χ2v) is 3.40. The molecule has 1 atom stereocenters. The highest BCUT2D eigenvalue weighted by Crippen LogP contribution is 2.26. The highest BCUT2D eigenvalue weighted by molar-refractivity contribution is 5.38. The average Bonchev–Trinajstić information content (AvgIpc) is 2.15. The second kappa shape index (κ2) is 4.98. The highest BCUT2D eigenvalue weighted by atomic mass is 16.5. The van der Waals surface area contributed by atoms with E-state index < -0.39 is 0 Å². The minimum Gasteiger partial charge on any atom is -0.508 e. The Hall–Kier alpha value is -1.06. The summed E-state index contributed by atoms with van der Waals surface area (Å²) < 4.78 is 4.96. The maximum absolute atomic E-state index is 9.65. The van der Waals surface area contributed by atoms with Gasteiger partial charge in [-0.2, -0.15) is 0 Å². The minimum absolute atomic E-state index is 0.0234. The molecule has 0 aliphatic rings. The largest absolute Gasteiger partial charge is 0.508 e. The number of ether oxygens (including phenoxy) is 1. The van der Waals surface area contributed by atoms with Gasteiger partial charge in [0.2, 0.25) is 0 Å². The Balaban J connectivity index is 2.92. The van der Waals surface area contributed by atoms with E-state index in [-0.39, 0.29) is 18.3 Å². The predicted molar refractivity (Wildman–Crippen MR) is 54.5 cm³/mol. The number of aryl methyl sites for hydroxylation is 1. The summed E-state index contributed by atoms with van der Waals surface area (Å²) in [6.45, 7) is 2.30. The van der Waals surface area contributed by atoms with Crippen LogP contribution in [-0.4, -0.2) is 30.5 Å². The van der Waals surface area contributed by atoms with Crippen molar-refractivity contribution in [2.45, 2.75) is 12.8 Å². The molecule has 0 radical (unpaired) electrons. The lowest BCUT2D eigenvalue weighted by Gasteiger charge is -2.15. The third-order valence-electron chi connectivity index (χ3n) is 2.21. The van der Waals surface area contributed by atoms with Gasteiger partial charge in [0.15, 0.2) is 0 Å². The van der Waals surface area contributed by atoms with Crippen LogP contribution in [0.5, 0.6) is 5.75 Å². The number of methoxy groups -OCH3 is 1. The van der Waals surface area contributed by atoms with Gasteiger partial charge in [-0.1, -0.05) is 12.1 Å². The van der Waals surface area contributed by atoms with Crippen LogP contribution in [0.2, 0.25) is 0 Å². The van der Waals surface area contributed by atoms with E-state index in [0.29, 0.717) is 6.61 Å². The SMILES string of the molecule is COCC(CO)c1ccc(C)cc1O. The molecule has 0 saturated carbocycles. The fraction of sp³-hybridized carbons (Fsp3) is 0.455. The van der Waals surface area contributed by atoms with Crippen LogP contribution in [0.25, 0.3) is 0 Å². The molecule has 0 bridgehead atoms. The summed E-state index contributed by atoms with van der Waals surface area (Å²) >= 11 is 0. The van der Waals surface area contributed by atoms with Crippen LogP contribution in [0.1, 0.15) is 17.0 Å². The van der Waals surface area contributed by atoms with Crippen LogP contribution in [0.3, 0.4) is 0 Å². The van der Waals surface area contributed by atoms with Crippen LogP contribution in [0, 0.1) is 6.92 Å². The zero-order valence-electron chi connectivity index (χ0n) is 8.53. The molecule has 0 aromatic heterocycles. The van der Waals surface area contributed by atoms with E-state index in [4.69, 9.17) is 9.84 Å². The molecule has 1 aromatic rings. The molecular formula is C11H16O3. The molecule has 1 rings (SSSR count). The van der Waals surface area contributed by atoms with Crippen LogP contribution in [0.4, 0.5) is 0 Å². The van der Waals surface area contributed by atoms with Gasteiger partial charge in [-0.25, -0.2) is 0 Å². The Morgan fingerprint density at radius 2 is 2.14 bits per heavy atom. The van der Waals surface area contributed by atoms with Crippen molar-refractivity contribution in [3.8, 4) is 5.75 Å². The van der Waals surface area contributed by atoms with Crippen LogP contribution < -0.4 is 0 Å². The first-order chi connectivity index (χ1) is 6.69. The number of aliphatic hydroxyl groups is 1. The molecule has 1 aromatic carbocycles. The topological polar surface area (TPSA) is 49.7 Å². The van der Waals surface area contributed by atoms with Crippen molar-refractivity contribution in [2.75, 3.05) is 20.3 Å². The standard InChI is InChI=1S/C11H16O3/c1-8-3-4-10(11(13)5-8)9(6-12)7-14-2/h3-5,9,12-13H,6-7H2,1-2H3. The molecule has 0 spiro atoms. The molecule has 78 valence electrons. The third kappa shape index (κ3) is 2.47. The summed E-state index contributed by atoms with van der Waals surface area (Å²) in [7, 11) is 1.58. The molecule has 1 unspecified atom stereocenters. The summed E-state index contributed by atoms with van der Waals surface area (Å²) in [5.74, 6) is 0.0710. The lowest BCUT2D eigenvalue weighted by atomic mass is 9.98. The molecular weight excluding hydrogens is 180 g/mol. The monoisotopic (exact) mass is 196 g/mol. The van der Waals surface area contributed by atoms with Crippen LogP contribution >= 0.6 is 0 Å². The summed E-state index contributed by atoms with van der Waals surface area (Å²) in [6.07, 6.45) is 0. The minimum atomic E-state index is -0.152. The van der Waals surface area contributed by atoms with Gasteiger partial charge in [-0.3, -0.25) is 0 Å². The number of aliphatic hydroxyl groups excluding tert-OH is 1. The van der Waals surface area contributed by atoms with Gasteiger partial charge < -0.3 is 14.9 Å². The van der Waals surface area contributed by atoms with Gasteiger partial charge >= 0.3 is 0 Å². The van der Waals surface area contributed by atoms with E-state index in [1.807, 2.05) is 19.1 Å². The number of benzene rings is 1. The van der Waals surface area contributed by atoms with Gasteiger partial charge in [0, 0.05) is 18.6 Å². The van der Waals surface area contributed by atoms with E-state index in [1.165, 1.54) is 0 Å². The fourth-order valence-electron chi connectivity index (χ4n) is 1.44. The molecule has 0 aliphatic carbocycles. The van der Waals surface area contributed by atoms with Crippen molar-refractivity contribution in [3.05, 3.63) is 29.3 Å². The predicted octanol–water partition coefficient (Wildman–Crippen LogP) is 1.42. The Labute approximate surface area is 84.0 Å². The number of phenols is 1. The highest BCUT2D eigenvalue weighted by Gasteiger charge is 2.13. The molecule has 0 aliphatic heterocycles.